The van der Waals surface area contributed by atoms with Crippen LogP contribution in [-0.4, -0.2) is 18.2 Å². The quantitative estimate of drug-likeness (QED) is 0.722. The maximum absolute atomic E-state index is 6.36. The van der Waals surface area contributed by atoms with E-state index in [9.17, 15) is 0 Å². The molecule has 0 aromatic carbocycles. The van der Waals surface area contributed by atoms with Crippen molar-refractivity contribution < 1.29 is 4.74 Å². The first-order chi connectivity index (χ1) is 7.60. The summed E-state index contributed by atoms with van der Waals surface area (Å²) in [5.74, 6) is 0.791. The van der Waals surface area contributed by atoms with Crippen LogP contribution in [0.15, 0.2) is 0 Å². The molecule has 0 aromatic rings. The van der Waals surface area contributed by atoms with Crippen LogP contribution >= 0.6 is 0 Å². The Morgan fingerprint density at radius 3 is 2.31 bits per heavy atom. The van der Waals surface area contributed by atoms with Crippen molar-refractivity contribution in [3.63, 3.8) is 0 Å². The number of ether oxygens (including phenoxy) is 1. The third-order valence-corrected chi connectivity index (χ3v) is 3.85. The lowest BCUT2D eigenvalue weighted by Crippen LogP contribution is -2.48. The number of hydrogen-bond donors (Lipinski definition) is 1. The van der Waals surface area contributed by atoms with Gasteiger partial charge in [0.2, 0.25) is 0 Å². The van der Waals surface area contributed by atoms with Crippen molar-refractivity contribution in [3.8, 4) is 0 Å². The predicted octanol–water partition coefficient (Wildman–Crippen LogP) is 3.49. The van der Waals surface area contributed by atoms with Gasteiger partial charge in [-0.15, -0.1) is 0 Å². The molecule has 0 aliphatic heterocycles. The van der Waals surface area contributed by atoms with E-state index < -0.39 is 0 Å². The Hall–Kier alpha value is -0.0800. The maximum atomic E-state index is 6.36. The molecule has 2 N–H and O–H groups in total. The molecule has 2 nitrogen and oxygen atoms in total. The summed E-state index contributed by atoms with van der Waals surface area (Å²) in [6, 6.07) is 0.244. The average Bonchev–Trinajstić information content (AvgIpc) is 2.67. The SMILES string of the molecule is CCOC1(C(N)CCCC(C)C)CCCC1. The van der Waals surface area contributed by atoms with E-state index >= 15 is 0 Å². The summed E-state index contributed by atoms with van der Waals surface area (Å²) in [5, 5.41) is 0. The molecule has 1 aliphatic rings. The molecule has 0 spiro atoms. The topological polar surface area (TPSA) is 35.2 Å². The third-order valence-electron chi connectivity index (χ3n) is 3.85. The van der Waals surface area contributed by atoms with Crippen molar-refractivity contribution in [2.75, 3.05) is 6.61 Å². The third kappa shape index (κ3) is 3.74. The first-order valence-electron chi connectivity index (χ1n) is 7.00. The van der Waals surface area contributed by atoms with Crippen LogP contribution in [0.3, 0.4) is 0 Å². The van der Waals surface area contributed by atoms with Gasteiger partial charge in [-0.25, -0.2) is 0 Å². The first kappa shape index (κ1) is 14.0. The molecule has 16 heavy (non-hydrogen) atoms. The minimum Gasteiger partial charge on any atom is -0.374 e. The lowest BCUT2D eigenvalue weighted by Gasteiger charge is -2.35. The number of hydrogen-bond acceptors (Lipinski definition) is 2. The normalized spacial score (nSPS) is 21.6. The average molecular weight is 227 g/mol. The Kier molecular flexibility index (Phi) is 5.77. The van der Waals surface area contributed by atoms with Crippen LogP contribution in [0.4, 0.5) is 0 Å². The van der Waals surface area contributed by atoms with Gasteiger partial charge in [0.05, 0.1) is 5.60 Å². The van der Waals surface area contributed by atoms with Crippen molar-refractivity contribution in [1.29, 1.82) is 0 Å². The Bertz CT molecular complexity index is 185. The van der Waals surface area contributed by atoms with Crippen LogP contribution in [-0.2, 0) is 4.74 Å². The molecule has 96 valence electrons. The molecule has 0 bridgehead atoms. The Morgan fingerprint density at radius 2 is 1.81 bits per heavy atom. The van der Waals surface area contributed by atoms with Gasteiger partial charge in [-0.2, -0.15) is 0 Å². The standard InChI is InChI=1S/C14H29NO/c1-4-16-14(10-5-6-11-14)13(15)9-7-8-12(2)3/h12-13H,4-11,15H2,1-3H3. The molecule has 0 saturated heterocycles. The van der Waals surface area contributed by atoms with Crippen molar-refractivity contribution >= 4 is 0 Å². The molecule has 1 fully saturated rings. The maximum Gasteiger partial charge on any atom is 0.0832 e. The molecule has 1 saturated carbocycles. The van der Waals surface area contributed by atoms with Gasteiger partial charge in [0.15, 0.2) is 0 Å². The van der Waals surface area contributed by atoms with Gasteiger partial charge in [-0.1, -0.05) is 39.5 Å². The smallest absolute Gasteiger partial charge is 0.0832 e. The fourth-order valence-electron chi connectivity index (χ4n) is 2.89. The highest BCUT2D eigenvalue weighted by Gasteiger charge is 2.39. The molecular formula is C14H29NO. The van der Waals surface area contributed by atoms with Crippen LogP contribution in [0.5, 0.6) is 0 Å². The second kappa shape index (κ2) is 6.61. The minimum atomic E-state index is 0.0196. The predicted molar refractivity (Wildman–Crippen MR) is 69.5 cm³/mol. The van der Waals surface area contributed by atoms with E-state index in [1.54, 1.807) is 0 Å². The second-order valence-corrected chi connectivity index (χ2v) is 5.64. The summed E-state index contributed by atoms with van der Waals surface area (Å²) >= 11 is 0. The molecule has 0 aromatic heterocycles. The number of nitrogens with two attached hydrogens (primary N) is 1. The highest BCUT2D eigenvalue weighted by Crippen LogP contribution is 2.37. The van der Waals surface area contributed by atoms with E-state index in [1.807, 2.05) is 0 Å². The van der Waals surface area contributed by atoms with Crippen LogP contribution in [0, 0.1) is 5.92 Å². The van der Waals surface area contributed by atoms with Crippen LogP contribution in [0.2, 0.25) is 0 Å². The van der Waals surface area contributed by atoms with Crippen LogP contribution in [0.1, 0.15) is 65.7 Å². The van der Waals surface area contributed by atoms with Gasteiger partial charge >= 0.3 is 0 Å². The Morgan fingerprint density at radius 1 is 1.19 bits per heavy atom. The van der Waals surface area contributed by atoms with E-state index in [-0.39, 0.29) is 11.6 Å². The summed E-state index contributed by atoms with van der Waals surface area (Å²) < 4.78 is 5.98. The summed E-state index contributed by atoms with van der Waals surface area (Å²) in [5.41, 5.74) is 6.38. The molecule has 0 heterocycles. The monoisotopic (exact) mass is 227 g/mol. The lowest BCUT2D eigenvalue weighted by atomic mass is 9.88. The van der Waals surface area contributed by atoms with Crippen molar-refractivity contribution in [3.05, 3.63) is 0 Å². The van der Waals surface area contributed by atoms with Crippen molar-refractivity contribution in [1.82, 2.24) is 0 Å². The highest BCUT2D eigenvalue weighted by atomic mass is 16.5. The second-order valence-electron chi connectivity index (χ2n) is 5.64. The van der Waals surface area contributed by atoms with Crippen LogP contribution in [0.25, 0.3) is 0 Å². The highest BCUT2D eigenvalue weighted by molar-refractivity contribution is 4.95. The van der Waals surface area contributed by atoms with Gasteiger partial charge in [0.25, 0.3) is 0 Å². The largest absolute Gasteiger partial charge is 0.374 e. The molecular weight excluding hydrogens is 198 g/mol. The van der Waals surface area contributed by atoms with Gasteiger partial charge in [-0.3, -0.25) is 0 Å². The molecule has 1 atom stereocenters. The summed E-state index contributed by atoms with van der Waals surface area (Å²) in [7, 11) is 0. The Labute approximate surface area is 101 Å². The van der Waals surface area contributed by atoms with Crippen LogP contribution < -0.4 is 5.73 Å². The van der Waals surface area contributed by atoms with E-state index in [0.29, 0.717) is 0 Å². The molecule has 1 unspecified atom stereocenters. The zero-order valence-electron chi connectivity index (χ0n) is 11.3. The van der Waals surface area contributed by atoms with Gasteiger partial charge in [0, 0.05) is 12.6 Å². The van der Waals surface area contributed by atoms with E-state index in [1.165, 1.54) is 38.5 Å². The van der Waals surface area contributed by atoms with Gasteiger partial charge in [-0.05, 0) is 32.1 Å². The zero-order chi connectivity index (χ0) is 12.0. The fourth-order valence-corrected chi connectivity index (χ4v) is 2.89. The van der Waals surface area contributed by atoms with Crippen molar-refractivity contribution in [2.24, 2.45) is 11.7 Å². The summed E-state index contributed by atoms with van der Waals surface area (Å²) in [4.78, 5) is 0. The Balaban J connectivity index is 2.38. The molecule has 0 radical (unpaired) electrons. The lowest BCUT2D eigenvalue weighted by molar-refractivity contribution is -0.0547. The van der Waals surface area contributed by atoms with E-state index in [4.69, 9.17) is 10.5 Å². The van der Waals surface area contributed by atoms with Gasteiger partial charge < -0.3 is 10.5 Å². The van der Waals surface area contributed by atoms with Gasteiger partial charge in [0.1, 0.15) is 0 Å². The summed E-state index contributed by atoms with van der Waals surface area (Å²) in [6.45, 7) is 7.44. The fraction of sp³-hybridized carbons (Fsp3) is 1.00. The molecule has 0 amide bonds. The van der Waals surface area contributed by atoms with Crippen molar-refractivity contribution in [2.45, 2.75) is 77.4 Å². The zero-order valence-corrected chi connectivity index (χ0v) is 11.3. The van der Waals surface area contributed by atoms with E-state index in [2.05, 4.69) is 20.8 Å². The minimum absolute atomic E-state index is 0.0196. The van der Waals surface area contributed by atoms with E-state index in [0.717, 1.165) is 18.9 Å². The summed E-state index contributed by atoms with van der Waals surface area (Å²) in [6.07, 6.45) is 8.57. The first-order valence-corrected chi connectivity index (χ1v) is 7.00. The molecule has 1 rings (SSSR count). The molecule has 1 aliphatic carbocycles. The molecule has 2 heteroatoms. The number of rotatable bonds is 7.